The molecule has 1 aliphatic heterocycles. The molecule has 0 radical (unpaired) electrons. The number of nitrogens with zero attached hydrogens (tertiary/aromatic N) is 1. The molecular weight excluding hydrogens is 244 g/mol. The minimum atomic E-state index is -0.432. The average Bonchev–Trinajstić information content (AvgIpc) is 2.61. The van der Waals surface area contributed by atoms with Crippen molar-refractivity contribution >= 4 is 23.2 Å². The molecule has 5 heteroatoms. The van der Waals surface area contributed by atoms with Crippen LogP contribution < -0.4 is 10.6 Å². The highest BCUT2D eigenvalue weighted by Gasteiger charge is 2.36. The number of phenols is 1. The molecule has 0 spiro atoms. The van der Waals surface area contributed by atoms with Crippen molar-refractivity contribution in [1.29, 1.82) is 0 Å². The number of imide groups is 1. The molecule has 0 unspecified atom stereocenters. The summed E-state index contributed by atoms with van der Waals surface area (Å²) in [6.07, 6.45) is 0. The quantitative estimate of drug-likeness (QED) is 0.600. The van der Waals surface area contributed by atoms with Gasteiger partial charge in [0.25, 0.3) is 11.8 Å². The zero-order chi connectivity index (χ0) is 13.6. The molecule has 5 nitrogen and oxygen atoms in total. The lowest BCUT2D eigenvalue weighted by molar-refractivity contribution is 0.0926. The number of aromatic hydroxyl groups is 1. The van der Waals surface area contributed by atoms with Crippen molar-refractivity contribution < 1.29 is 14.7 Å². The lowest BCUT2D eigenvalue weighted by atomic mass is 10.1. The Hall–Kier alpha value is -2.82. The van der Waals surface area contributed by atoms with Gasteiger partial charge < -0.3 is 10.8 Å². The van der Waals surface area contributed by atoms with Crippen molar-refractivity contribution in [2.45, 2.75) is 0 Å². The fourth-order valence-corrected chi connectivity index (χ4v) is 2.13. The normalized spacial score (nSPS) is 13.8. The van der Waals surface area contributed by atoms with Gasteiger partial charge >= 0.3 is 0 Å². The van der Waals surface area contributed by atoms with Gasteiger partial charge in [-0.2, -0.15) is 0 Å². The van der Waals surface area contributed by atoms with Gasteiger partial charge in [-0.1, -0.05) is 6.07 Å². The summed E-state index contributed by atoms with van der Waals surface area (Å²) in [4.78, 5) is 25.5. The Bertz CT molecular complexity index is 710. The second-order valence-corrected chi connectivity index (χ2v) is 4.27. The third-order valence-electron chi connectivity index (χ3n) is 3.00. The summed E-state index contributed by atoms with van der Waals surface area (Å²) in [6.45, 7) is 0. The van der Waals surface area contributed by atoms with Crippen LogP contribution in [0.5, 0.6) is 5.75 Å². The van der Waals surface area contributed by atoms with E-state index in [1.54, 1.807) is 18.2 Å². The van der Waals surface area contributed by atoms with Gasteiger partial charge in [0.2, 0.25) is 0 Å². The van der Waals surface area contributed by atoms with E-state index in [2.05, 4.69) is 0 Å². The van der Waals surface area contributed by atoms with Crippen LogP contribution in [0.2, 0.25) is 0 Å². The number of amides is 2. The number of hydrogen-bond acceptors (Lipinski definition) is 4. The maximum absolute atomic E-state index is 12.2. The Morgan fingerprint density at radius 2 is 1.68 bits per heavy atom. The standard InChI is InChI=1S/C14H10N2O3/c15-8-4-5-11-12(6-8)14(19)16(13(11)18)9-2-1-3-10(17)7-9/h1-7,17H,15H2. The molecule has 0 aromatic heterocycles. The molecule has 3 N–H and O–H groups in total. The highest BCUT2D eigenvalue weighted by Crippen LogP contribution is 2.30. The van der Waals surface area contributed by atoms with E-state index in [4.69, 9.17) is 5.73 Å². The zero-order valence-corrected chi connectivity index (χ0v) is 9.83. The van der Waals surface area contributed by atoms with E-state index in [1.807, 2.05) is 0 Å². The molecule has 3 rings (SSSR count). The van der Waals surface area contributed by atoms with E-state index in [9.17, 15) is 14.7 Å². The lowest BCUT2D eigenvalue weighted by Gasteiger charge is -2.13. The van der Waals surface area contributed by atoms with Crippen molar-refractivity contribution in [2.75, 3.05) is 10.6 Å². The first kappa shape index (κ1) is 11.3. The van der Waals surface area contributed by atoms with Crippen molar-refractivity contribution in [3.63, 3.8) is 0 Å². The summed E-state index contributed by atoms with van der Waals surface area (Å²) < 4.78 is 0. The molecule has 94 valence electrons. The maximum Gasteiger partial charge on any atom is 0.266 e. The highest BCUT2D eigenvalue weighted by molar-refractivity contribution is 6.34. The molecule has 0 fully saturated rings. The molecule has 0 saturated carbocycles. The van der Waals surface area contributed by atoms with Gasteiger partial charge in [-0.15, -0.1) is 0 Å². The van der Waals surface area contributed by atoms with E-state index in [0.717, 1.165) is 4.90 Å². The summed E-state index contributed by atoms with van der Waals surface area (Å²) in [5.41, 5.74) is 7.00. The Morgan fingerprint density at radius 1 is 0.947 bits per heavy atom. The smallest absolute Gasteiger partial charge is 0.266 e. The van der Waals surface area contributed by atoms with Crippen molar-refractivity contribution in [3.8, 4) is 5.75 Å². The molecule has 19 heavy (non-hydrogen) atoms. The number of phenolic OH excluding ortho intramolecular Hbond substituents is 1. The van der Waals surface area contributed by atoms with Crippen LogP contribution in [0.3, 0.4) is 0 Å². The first-order chi connectivity index (χ1) is 9.08. The SMILES string of the molecule is Nc1ccc2c(c1)C(=O)N(c1cccc(O)c1)C2=O. The highest BCUT2D eigenvalue weighted by atomic mass is 16.3. The number of nitrogen functional groups attached to an aromatic ring is 1. The van der Waals surface area contributed by atoms with Crippen LogP contribution in [0.15, 0.2) is 42.5 Å². The van der Waals surface area contributed by atoms with Crippen LogP contribution in [0.4, 0.5) is 11.4 Å². The number of nitrogens with two attached hydrogens (primary N) is 1. The molecule has 0 bridgehead atoms. The van der Waals surface area contributed by atoms with E-state index in [-0.39, 0.29) is 11.3 Å². The number of carbonyl (C=O) groups is 2. The van der Waals surface area contributed by atoms with Crippen molar-refractivity contribution in [2.24, 2.45) is 0 Å². The van der Waals surface area contributed by atoms with Crippen LogP contribution in [-0.2, 0) is 0 Å². The second-order valence-electron chi connectivity index (χ2n) is 4.27. The Kier molecular flexibility index (Phi) is 2.28. The minimum absolute atomic E-state index is 0.00595. The summed E-state index contributed by atoms with van der Waals surface area (Å²) in [5.74, 6) is -0.850. The second kappa shape index (κ2) is 3.84. The molecule has 0 saturated heterocycles. The first-order valence-corrected chi connectivity index (χ1v) is 5.65. The summed E-state index contributed by atoms with van der Waals surface area (Å²) in [7, 11) is 0. The lowest BCUT2D eigenvalue weighted by Crippen LogP contribution is -2.29. The van der Waals surface area contributed by atoms with Crippen LogP contribution in [0.1, 0.15) is 20.7 Å². The van der Waals surface area contributed by atoms with Crippen LogP contribution in [0, 0.1) is 0 Å². The monoisotopic (exact) mass is 254 g/mol. The maximum atomic E-state index is 12.2. The number of rotatable bonds is 1. The summed E-state index contributed by atoms with van der Waals surface area (Å²) >= 11 is 0. The number of benzene rings is 2. The Morgan fingerprint density at radius 3 is 2.42 bits per heavy atom. The first-order valence-electron chi connectivity index (χ1n) is 5.65. The molecule has 2 aromatic carbocycles. The number of fused-ring (bicyclic) bond motifs is 1. The third kappa shape index (κ3) is 1.63. The van der Waals surface area contributed by atoms with E-state index >= 15 is 0 Å². The Balaban J connectivity index is 2.13. The largest absolute Gasteiger partial charge is 0.508 e. The zero-order valence-electron chi connectivity index (χ0n) is 9.83. The number of hydrogen-bond donors (Lipinski definition) is 2. The fourth-order valence-electron chi connectivity index (χ4n) is 2.13. The third-order valence-corrected chi connectivity index (χ3v) is 3.00. The van der Waals surface area contributed by atoms with Gasteiger partial charge in [-0.25, -0.2) is 4.90 Å². The van der Waals surface area contributed by atoms with Gasteiger partial charge in [-0.3, -0.25) is 9.59 Å². The molecule has 2 aromatic rings. The molecule has 2 amide bonds. The molecule has 1 heterocycles. The van der Waals surface area contributed by atoms with Crippen molar-refractivity contribution in [3.05, 3.63) is 53.6 Å². The molecule has 1 aliphatic rings. The van der Waals surface area contributed by atoms with E-state index in [0.29, 0.717) is 16.9 Å². The predicted octanol–water partition coefficient (Wildman–Crippen LogP) is 1.77. The molecule has 0 atom stereocenters. The van der Waals surface area contributed by atoms with Gasteiger partial charge in [-0.05, 0) is 30.3 Å². The number of anilines is 2. The topological polar surface area (TPSA) is 83.6 Å². The Labute approximate surface area is 108 Å². The summed E-state index contributed by atoms with van der Waals surface area (Å²) in [5, 5.41) is 9.44. The van der Waals surface area contributed by atoms with Crippen molar-refractivity contribution in [1.82, 2.24) is 0 Å². The number of carbonyl (C=O) groups excluding carboxylic acids is 2. The minimum Gasteiger partial charge on any atom is -0.508 e. The van der Waals surface area contributed by atoms with Gasteiger partial charge in [0.15, 0.2) is 0 Å². The van der Waals surface area contributed by atoms with Gasteiger partial charge in [0, 0.05) is 11.8 Å². The van der Waals surface area contributed by atoms with Crippen LogP contribution in [0.25, 0.3) is 0 Å². The predicted molar refractivity (Wildman–Crippen MR) is 70.1 cm³/mol. The van der Waals surface area contributed by atoms with E-state index < -0.39 is 11.8 Å². The molecule has 0 aliphatic carbocycles. The van der Waals surface area contributed by atoms with Crippen LogP contribution >= 0.6 is 0 Å². The van der Waals surface area contributed by atoms with Crippen LogP contribution in [-0.4, -0.2) is 16.9 Å². The van der Waals surface area contributed by atoms with E-state index in [1.165, 1.54) is 24.3 Å². The van der Waals surface area contributed by atoms with Gasteiger partial charge in [0.05, 0.1) is 16.8 Å². The summed E-state index contributed by atoms with van der Waals surface area (Å²) in [6, 6.07) is 10.6. The van der Waals surface area contributed by atoms with Gasteiger partial charge in [0.1, 0.15) is 5.75 Å². The fraction of sp³-hybridized carbons (Fsp3) is 0. The molecular formula is C14H10N2O3. The average molecular weight is 254 g/mol.